The normalized spacial score (nSPS) is 21.9. The van der Waals surface area contributed by atoms with Crippen LogP contribution in [0.3, 0.4) is 0 Å². The van der Waals surface area contributed by atoms with E-state index in [0.717, 1.165) is 35.4 Å². The molecule has 2 aromatic rings. The van der Waals surface area contributed by atoms with Crippen LogP contribution in [-0.4, -0.2) is 103 Å². The molecule has 1 aliphatic rings. The average molecular weight is 862 g/mol. The first-order chi connectivity index (χ1) is 25.4. The molecular weight excluding hydrogens is 819 g/mol. The van der Waals surface area contributed by atoms with Crippen LogP contribution >= 0.6 is 35.2 Å². The summed E-state index contributed by atoms with van der Waals surface area (Å²) in [6.07, 6.45) is -6.36. The zero-order valence-electron chi connectivity index (χ0n) is 29.9. The number of carbonyl (C=O) groups excluding carboxylic acids is 3. The molecule has 7 atom stereocenters. The number of aliphatic hydroxyl groups excluding tert-OH is 2. The van der Waals surface area contributed by atoms with Gasteiger partial charge >= 0.3 is 0 Å². The van der Waals surface area contributed by atoms with E-state index >= 15 is 0 Å². The van der Waals surface area contributed by atoms with Crippen molar-refractivity contribution in [1.82, 2.24) is 30.2 Å². The van der Waals surface area contributed by atoms with Gasteiger partial charge in [-0.1, -0.05) is 39.5 Å². The Labute approximate surface area is 318 Å². The second kappa shape index (κ2) is 19.8. The number of hydrogen-bond acceptors (Lipinski definition) is 22. The SMILES string of the molecule is CC(C)CCC(=O)SCCNC(=O)CCNC(=O)[C@H](O)C(C)(C)COP(=O)([O-])OP(=O)([O-])OC[C@H]1O[C@@H](n2cnc3c(N)ncnc32)[C@H](O)[C@@H]1OP(=O)([O-])[O-]. The lowest BCUT2D eigenvalue weighted by molar-refractivity contribution is -0.347. The number of thioether (sulfide) groups is 1. The molecule has 1 saturated heterocycles. The summed E-state index contributed by atoms with van der Waals surface area (Å²) >= 11 is 1.10. The van der Waals surface area contributed by atoms with Crippen LogP contribution in [0, 0.1) is 11.3 Å². The lowest BCUT2D eigenvalue weighted by atomic mass is 9.87. The minimum atomic E-state index is -5.91. The highest BCUT2D eigenvalue weighted by molar-refractivity contribution is 8.13. The number of aromatic nitrogens is 4. The third kappa shape index (κ3) is 14.8. The zero-order chi connectivity index (χ0) is 41.4. The molecule has 0 aliphatic carbocycles. The third-order valence-corrected chi connectivity index (χ3v) is 11.6. The molecule has 3 rings (SSSR count). The van der Waals surface area contributed by atoms with Gasteiger partial charge in [0, 0.05) is 37.1 Å². The molecule has 0 radical (unpaired) electrons. The molecule has 2 amide bonds. The number of rotatable bonds is 22. The minimum Gasteiger partial charge on any atom is -0.790 e. The average Bonchev–Trinajstić information content (AvgIpc) is 3.63. The van der Waals surface area contributed by atoms with Crippen LogP contribution in [-0.2, 0) is 50.7 Å². The van der Waals surface area contributed by atoms with Gasteiger partial charge in [-0.3, -0.25) is 28.1 Å². The lowest BCUT2D eigenvalue weighted by Crippen LogP contribution is -2.46. The number of aliphatic hydroxyl groups is 2. The van der Waals surface area contributed by atoms with Gasteiger partial charge in [-0.25, -0.2) is 19.3 Å². The van der Waals surface area contributed by atoms with Gasteiger partial charge in [0.05, 0.1) is 27.4 Å². The largest absolute Gasteiger partial charge is 0.790 e. The quantitative estimate of drug-likeness (QED) is 0.0607. The van der Waals surface area contributed by atoms with Crippen LogP contribution in [0.15, 0.2) is 12.7 Å². The number of nitrogens with two attached hydrogens (primary N) is 1. The number of amides is 2. The highest BCUT2D eigenvalue weighted by atomic mass is 32.2. The Morgan fingerprint density at radius 2 is 1.73 bits per heavy atom. The first-order valence-electron chi connectivity index (χ1n) is 16.4. The van der Waals surface area contributed by atoms with E-state index in [1.165, 1.54) is 13.8 Å². The molecular formula is C27H42N7O17P3S-4. The van der Waals surface area contributed by atoms with Gasteiger partial charge in [0.15, 0.2) is 22.8 Å². The number of nitrogens with one attached hydrogen (secondary N) is 2. The summed E-state index contributed by atoms with van der Waals surface area (Å²) in [4.78, 5) is 95.7. The van der Waals surface area contributed by atoms with Crippen molar-refractivity contribution in [3.63, 3.8) is 0 Å². The van der Waals surface area contributed by atoms with Gasteiger partial charge < -0.3 is 69.0 Å². The van der Waals surface area contributed by atoms with Gasteiger partial charge in [0.1, 0.15) is 36.3 Å². The minimum absolute atomic E-state index is 0.0172. The molecule has 1 aliphatic heterocycles. The van der Waals surface area contributed by atoms with E-state index in [-0.39, 0.29) is 41.6 Å². The predicted octanol–water partition coefficient (Wildman–Crippen LogP) is -2.43. The van der Waals surface area contributed by atoms with Crippen molar-refractivity contribution in [2.24, 2.45) is 11.3 Å². The van der Waals surface area contributed by atoms with Gasteiger partial charge in [0.25, 0.3) is 15.6 Å². The van der Waals surface area contributed by atoms with E-state index < -0.39 is 84.6 Å². The highest BCUT2D eigenvalue weighted by Crippen LogP contribution is 2.56. The van der Waals surface area contributed by atoms with E-state index in [0.29, 0.717) is 18.1 Å². The lowest BCUT2D eigenvalue weighted by Gasteiger charge is -2.36. The van der Waals surface area contributed by atoms with Crippen LogP contribution < -0.4 is 35.9 Å². The first-order valence-corrected chi connectivity index (χ1v) is 21.8. The third-order valence-electron chi connectivity index (χ3n) is 7.67. The Hall–Kier alpha value is -2.44. The molecule has 1 fully saturated rings. The fourth-order valence-electron chi connectivity index (χ4n) is 4.75. The molecule has 24 nitrogen and oxygen atoms in total. The number of hydrogen-bond donors (Lipinski definition) is 5. The summed E-state index contributed by atoms with van der Waals surface area (Å²) in [5.74, 6) is -0.769. The predicted molar refractivity (Wildman–Crippen MR) is 182 cm³/mol. The Morgan fingerprint density at radius 1 is 1.05 bits per heavy atom. The van der Waals surface area contributed by atoms with Crippen LogP contribution in [0.1, 0.15) is 53.2 Å². The summed E-state index contributed by atoms with van der Waals surface area (Å²) in [7, 11) is -17.6. The Bertz CT molecular complexity index is 1800. The summed E-state index contributed by atoms with van der Waals surface area (Å²) < 4.78 is 60.4. The van der Waals surface area contributed by atoms with Crippen molar-refractivity contribution in [1.29, 1.82) is 0 Å². The van der Waals surface area contributed by atoms with Crippen molar-refractivity contribution in [2.45, 2.75) is 77.6 Å². The Kier molecular flexibility index (Phi) is 16.9. The van der Waals surface area contributed by atoms with Crippen LogP contribution in [0.4, 0.5) is 5.82 Å². The van der Waals surface area contributed by atoms with Crippen molar-refractivity contribution in [2.75, 3.05) is 37.8 Å². The molecule has 28 heteroatoms. The van der Waals surface area contributed by atoms with E-state index in [1.807, 2.05) is 13.8 Å². The van der Waals surface area contributed by atoms with Crippen LogP contribution in [0.25, 0.3) is 11.2 Å². The highest BCUT2D eigenvalue weighted by Gasteiger charge is 2.47. The number of anilines is 1. The maximum absolute atomic E-state index is 12.5. The standard InChI is InChI=1S/C27H46N7O17P3S/c1-15(2)5-6-18(36)55-10-9-29-17(35)7-8-30-25(39)22(38)27(3,4)12-48-54(45,46)51-53(43,44)47-11-16-21(50-52(40,41)42)20(37)26(49-16)34-14-33-19-23(28)31-13-32-24(19)34/h13-16,20-22,26,37-38H,5-12H2,1-4H3,(H,29,35)(H,30,39)(H,43,44)(H,45,46)(H2,28,31,32)(H2,40,41,42)/p-4/t16-,20-,21-,22+,26-/m1/s1. The molecule has 0 spiro atoms. The van der Waals surface area contributed by atoms with E-state index in [2.05, 4.69) is 43.5 Å². The Balaban J connectivity index is 1.49. The molecule has 0 bridgehead atoms. The van der Waals surface area contributed by atoms with Gasteiger partial charge in [-0.05, 0) is 12.3 Å². The first kappa shape index (κ1) is 46.9. The molecule has 55 heavy (non-hydrogen) atoms. The van der Waals surface area contributed by atoms with Gasteiger partial charge in [-0.15, -0.1) is 0 Å². The molecule has 2 unspecified atom stereocenters. The van der Waals surface area contributed by atoms with E-state index in [4.69, 9.17) is 10.5 Å². The molecule has 6 N–H and O–H groups in total. The fraction of sp³-hybridized carbons (Fsp3) is 0.704. The van der Waals surface area contributed by atoms with E-state index in [1.54, 1.807) is 0 Å². The monoisotopic (exact) mass is 861 g/mol. The number of phosphoric acid groups is 3. The van der Waals surface area contributed by atoms with Gasteiger partial charge in [0.2, 0.25) is 11.8 Å². The number of nitrogens with zero attached hydrogens (tertiary/aromatic N) is 4. The van der Waals surface area contributed by atoms with Crippen molar-refractivity contribution in [3.05, 3.63) is 12.7 Å². The second-order valence-corrected chi connectivity index (χ2v) is 18.4. The smallest absolute Gasteiger partial charge is 0.274 e. The maximum atomic E-state index is 12.5. The Morgan fingerprint density at radius 3 is 2.38 bits per heavy atom. The topological polar surface area (TPSA) is 375 Å². The molecule has 312 valence electrons. The van der Waals surface area contributed by atoms with Gasteiger partial charge in [-0.2, -0.15) is 0 Å². The van der Waals surface area contributed by atoms with Crippen molar-refractivity contribution >= 4 is 69.1 Å². The zero-order valence-corrected chi connectivity index (χ0v) is 33.4. The summed E-state index contributed by atoms with van der Waals surface area (Å²) in [5, 5.41) is 26.2. The van der Waals surface area contributed by atoms with Crippen molar-refractivity contribution < 1.29 is 80.5 Å². The fourth-order valence-corrected chi connectivity index (χ4v) is 8.18. The summed E-state index contributed by atoms with van der Waals surface area (Å²) in [6.45, 7) is 4.15. The number of phosphoric ester groups is 3. The number of ether oxygens (including phenoxy) is 1. The summed E-state index contributed by atoms with van der Waals surface area (Å²) in [6, 6.07) is 0. The molecule has 0 aromatic carbocycles. The number of imidazole rings is 1. The number of fused-ring (bicyclic) bond motifs is 1. The molecule has 0 saturated carbocycles. The second-order valence-electron chi connectivity index (χ2n) is 13.1. The van der Waals surface area contributed by atoms with Crippen LogP contribution in [0.2, 0.25) is 0 Å². The van der Waals surface area contributed by atoms with Crippen molar-refractivity contribution in [3.8, 4) is 0 Å². The van der Waals surface area contributed by atoms with Crippen LogP contribution in [0.5, 0.6) is 0 Å². The maximum Gasteiger partial charge on any atom is 0.274 e. The summed E-state index contributed by atoms with van der Waals surface area (Å²) in [5.41, 5.74) is 4.07. The molecule has 2 aromatic heterocycles. The van der Waals surface area contributed by atoms with E-state index in [9.17, 15) is 57.9 Å². The molecule has 3 heterocycles. The number of carbonyl (C=O) groups is 3. The number of nitrogen functional groups attached to an aromatic ring is 1.